The van der Waals surface area contributed by atoms with Gasteiger partial charge in [-0.2, -0.15) is 0 Å². The first-order chi connectivity index (χ1) is 16.3. The van der Waals surface area contributed by atoms with Gasteiger partial charge in [-0.1, -0.05) is 72.8 Å². The Kier molecular flexibility index (Phi) is 8.99. The molecule has 3 aromatic carbocycles. The number of hydrogen-bond acceptors (Lipinski definition) is 6. The molecule has 0 aliphatic heterocycles. The number of carboxylic acids is 1. The van der Waals surface area contributed by atoms with Gasteiger partial charge in [0.2, 0.25) is 5.91 Å². The van der Waals surface area contributed by atoms with Gasteiger partial charge in [0.05, 0.1) is 13.2 Å². The summed E-state index contributed by atoms with van der Waals surface area (Å²) < 4.78 is 30.2. The summed E-state index contributed by atoms with van der Waals surface area (Å²) >= 11 is 0. The monoisotopic (exact) mass is 483 g/mol. The molecule has 0 spiro atoms. The lowest BCUT2D eigenvalue weighted by molar-refractivity contribution is -0.141. The molecule has 34 heavy (non-hydrogen) atoms. The van der Waals surface area contributed by atoms with Crippen molar-refractivity contribution < 1.29 is 32.8 Å². The van der Waals surface area contributed by atoms with Crippen molar-refractivity contribution in [1.82, 2.24) is 5.32 Å². The van der Waals surface area contributed by atoms with Crippen LogP contribution >= 0.6 is 7.82 Å². The van der Waals surface area contributed by atoms with Crippen LogP contribution in [0.4, 0.5) is 0 Å². The van der Waals surface area contributed by atoms with Gasteiger partial charge in [0.15, 0.2) is 0 Å². The van der Waals surface area contributed by atoms with Crippen molar-refractivity contribution in [2.24, 2.45) is 0 Å². The second-order valence-electron chi connectivity index (χ2n) is 7.50. The molecule has 178 valence electrons. The predicted molar refractivity (Wildman–Crippen MR) is 126 cm³/mol. The smallest absolute Gasteiger partial charge is 0.480 e. The fourth-order valence-corrected chi connectivity index (χ4v) is 4.22. The molecule has 9 heteroatoms. The quantitative estimate of drug-likeness (QED) is 0.358. The van der Waals surface area contributed by atoms with Gasteiger partial charge in [-0.3, -0.25) is 13.8 Å². The van der Waals surface area contributed by atoms with Crippen LogP contribution in [0, 0.1) is 0 Å². The van der Waals surface area contributed by atoms with E-state index in [4.69, 9.17) is 13.6 Å². The SMILES string of the molecule is CC(=O)N[C@@H](Cc1ccc(OP(=O)(OCc2ccccc2)OCc2ccccc2)cc1)C(=O)O. The van der Waals surface area contributed by atoms with E-state index in [-0.39, 0.29) is 25.4 Å². The second-order valence-corrected chi connectivity index (χ2v) is 9.09. The average molecular weight is 483 g/mol. The standard InChI is InChI=1S/C25H26NO7P/c1-19(27)26-24(25(28)29)16-20-12-14-23(15-13-20)33-34(30,31-17-21-8-4-2-5-9-21)32-18-22-10-6-3-7-11-22/h2-15,24H,16-18H2,1H3,(H,26,27)(H,28,29)/t24-/m0/s1. The summed E-state index contributed by atoms with van der Waals surface area (Å²) in [6.45, 7) is 1.32. The zero-order valence-electron chi connectivity index (χ0n) is 18.6. The molecule has 0 aliphatic carbocycles. The summed E-state index contributed by atoms with van der Waals surface area (Å²) in [5.41, 5.74) is 2.27. The number of benzene rings is 3. The van der Waals surface area contributed by atoms with Crippen LogP contribution in [0.3, 0.4) is 0 Å². The minimum Gasteiger partial charge on any atom is -0.480 e. The van der Waals surface area contributed by atoms with Crippen molar-refractivity contribution in [3.05, 3.63) is 102 Å². The molecule has 3 aromatic rings. The molecule has 2 N–H and O–H groups in total. The molecular weight excluding hydrogens is 457 g/mol. The Morgan fingerprint density at radius 2 is 1.32 bits per heavy atom. The summed E-state index contributed by atoms with van der Waals surface area (Å²) in [6, 6.07) is 23.8. The van der Waals surface area contributed by atoms with Gasteiger partial charge < -0.3 is 14.9 Å². The van der Waals surface area contributed by atoms with E-state index in [9.17, 15) is 19.3 Å². The zero-order valence-corrected chi connectivity index (χ0v) is 19.5. The summed E-state index contributed by atoms with van der Waals surface area (Å²) in [5, 5.41) is 11.7. The Morgan fingerprint density at radius 3 is 1.76 bits per heavy atom. The van der Waals surface area contributed by atoms with Gasteiger partial charge in [-0.15, -0.1) is 0 Å². The molecule has 0 radical (unpaired) electrons. The molecule has 0 aliphatic rings. The maximum atomic E-state index is 13.4. The molecule has 0 saturated carbocycles. The Bertz CT molecular complexity index is 1070. The number of carbonyl (C=O) groups is 2. The lowest BCUT2D eigenvalue weighted by atomic mass is 10.1. The number of carbonyl (C=O) groups excluding carboxylic acids is 1. The minimum atomic E-state index is -4.00. The van der Waals surface area contributed by atoms with E-state index < -0.39 is 25.7 Å². The molecule has 0 saturated heterocycles. The molecule has 3 rings (SSSR count). The van der Waals surface area contributed by atoms with Crippen LogP contribution in [0.5, 0.6) is 5.75 Å². The first-order valence-electron chi connectivity index (χ1n) is 10.6. The van der Waals surface area contributed by atoms with Gasteiger partial charge in [0.25, 0.3) is 0 Å². The first kappa shape index (κ1) is 25.2. The number of aliphatic carboxylic acids is 1. The van der Waals surface area contributed by atoms with Crippen LogP contribution in [-0.2, 0) is 42.8 Å². The molecule has 1 amide bonds. The summed E-state index contributed by atoms with van der Waals surface area (Å²) in [5.74, 6) is -1.33. The highest BCUT2D eigenvalue weighted by atomic mass is 31.2. The van der Waals surface area contributed by atoms with E-state index >= 15 is 0 Å². The zero-order chi connectivity index (χ0) is 24.4. The highest BCUT2D eigenvalue weighted by Gasteiger charge is 2.29. The number of phosphoric ester groups is 1. The molecule has 0 fully saturated rings. The largest absolute Gasteiger partial charge is 0.530 e. The van der Waals surface area contributed by atoms with E-state index in [2.05, 4.69) is 5.32 Å². The Hall–Kier alpha value is -3.45. The summed E-state index contributed by atoms with van der Waals surface area (Å²) in [7, 11) is -4.00. The van der Waals surface area contributed by atoms with Crippen LogP contribution in [0.1, 0.15) is 23.6 Å². The average Bonchev–Trinajstić information content (AvgIpc) is 2.83. The number of carboxylic acid groups (broad SMARTS) is 1. The van der Waals surface area contributed by atoms with Gasteiger partial charge in [-0.05, 0) is 28.8 Å². The van der Waals surface area contributed by atoms with Crippen LogP contribution in [0.25, 0.3) is 0 Å². The number of nitrogens with one attached hydrogen (secondary N) is 1. The van der Waals surface area contributed by atoms with Gasteiger partial charge in [-0.25, -0.2) is 9.36 Å². The number of amides is 1. The van der Waals surface area contributed by atoms with Gasteiger partial charge in [0, 0.05) is 13.3 Å². The van der Waals surface area contributed by atoms with Crippen molar-refractivity contribution in [2.45, 2.75) is 32.6 Å². The minimum absolute atomic E-state index is 0.0298. The number of phosphoric acid groups is 1. The third kappa shape index (κ3) is 8.15. The van der Waals surface area contributed by atoms with E-state index in [1.807, 2.05) is 60.7 Å². The van der Waals surface area contributed by atoms with Gasteiger partial charge in [0.1, 0.15) is 11.8 Å². The Morgan fingerprint density at radius 1 is 0.824 bits per heavy atom. The molecule has 0 aromatic heterocycles. The third-order valence-electron chi connectivity index (χ3n) is 4.72. The van der Waals surface area contributed by atoms with Crippen molar-refractivity contribution >= 4 is 19.7 Å². The van der Waals surface area contributed by atoms with Crippen molar-refractivity contribution in [1.29, 1.82) is 0 Å². The fraction of sp³-hybridized carbons (Fsp3) is 0.200. The maximum Gasteiger partial charge on any atom is 0.530 e. The topological polar surface area (TPSA) is 111 Å². The lowest BCUT2D eigenvalue weighted by Crippen LogP contribution is -2.41. The lowest BCUT2D eigenvalue weighted by Gasteiger charge is -2.19. The summed E-state index contributed by atoms with van der Waals surface area (Å²) in [6.07, 6.45) is 0.0852. The highest BCUT2D eigenvalue weighted by Crippen LogP contribution is 2.51. The normalized spacial score (nSPS) is 12.0. The molecule has 0 heterocycles. The van der Waals surface area contributed by atoms with E-state index in [0.29, 0.717) is 5.56 Å². The molecule has 0 unspecified atom stereocenters. The van der Waals surface area contributed by atoms with Crippen molar-refractivity contribution in [3.8, 4) is 5.75 Å². The van der Waals surface area contributed by atoms with E-state index in [0.717, 1.165) is 11.1 Å². The maximum absolute atomic E-state index is 13.4. The molecule has 0 bridgehead atoms. The Labute approximate surface area is 198 Å². The first-order valence-corrected chi connectivity index (χ1v) is 12.0. The second kappa shape index (κ2) is 12.1. The number of hydrogen-bond donors (Lipinski definition) is 2. The molecule has 1 atom stereocenters. The van der Waals surface area contributed by atoms with Crippen LogP contribution < -0.4 is 9.84 Å². The highest BCUT2D eigenvalue weighted by molar-refractivity contribution is 7.48. The van der Waals surface area contributed by atoms with Crippen molar-refractivity contribution in [3.63, 3.8) is 0 Å². The van der Waals surface area contributed by atoms with Gasteiger partial charge >= 0.3 is 13.8 Å². The summed E-state index contributed by atoms with van der Waals surface area (Å²) in [4.78, 5) is 22.6. The molecular formula is C25H26NO7P. The van der Waals surface area contributed by atoms with Crippen LogP contribution in [-0.4, -0.2) is 23.0 Å². The van der Waals surface area contributed by atoms with E-state index in [1.54, 1.807) is 24.3 Å². The van der Waals surface area contributed by atoms with Crippen LogP contribution in [0.2, 0.25) is 0 Å². The predicted octanol–water partition coefficient (Wildman–Crippen LogP) is 4.74. The van der Waals surface area contributed by atoms with Crippen molar-refractivity contribution in [2.75, 3.05) is 0 Å². The Balaban J connectivity index is 1.70. The fourth-order valence-electron chi connectivity index (χ4n) is 3.04. The molecule has 8 nitrogen and oxygen atoms in total. The van der Waals surface area contributed by atoms with E-state index in [1.165, 1.54) is 6.92 Å². The third-order valence-corrected chi connectivity index (χ3v) is 6.05. The number of rotatable bonds is 12. The van der Waals surface area contributed by atoms with Crippen LogP contribution in [0.15, 0.2) is 84.9 Å².